The molecule has 1 saturated heterocycles. The minimum atomic E-state index is -0.752. The van der Waals surface area contributed by atoms with Crippen molar-refractivity contribution in [2.75, 3.05) is 0 Å². The number of hydrogen-bond donors (Lipinski definition) is 1. The van der Waals surface area contributed by atoms with Crippen molar-refractivity contribution in [3.05, 3.63) is 0 Å². The number of carbonyl (C=O) groups excluding carboxylic acids is 2. The quantitative estimate of drug-likeness (QED) is 0.428. The van der Waals surface area contributed by atoms with E-state index in [0.717, 1.165) is 0 Å². The number of amides is 2. The molecule has 1 N–H and O–H groups in total. The Bertz CT molecular complexity index is 203. The number of carbonyl (C=O) groups is 2. The molecule has 46 valence electrons. The van der Waals surface area contributed by atoms with Gasteiger partial charge in [0.15, 0.2) is 0 Å². The highest BCUT2D eigenvalue weighted by atomic mass is 16.2. The molecule has 0 bridgehead atoms. The van der Waals surface area contributed by atoms with Crippen LogP contribution in [0.2, 0.25) is 0 Å². The maximum Gasteiger partial charge on any atom is 0.244 e. The largest absolute Gasteiger partial charge is 0.295 e. The van der Waals surface area contributed by atoms with E-state index >= 15 is 0 Å². The molecule has 1 unspecified atom stereocenters. The van der Waals surface area contributed by atoms with Crippen LogP contribution in [0.25, 0.3) is 0 Å². The van der Waals surface area contributed by atoms with Crippen molar-refractivity contribution in [1.82, 2.24) is 5.32 Å². The summed E-state index contributed by atoms with van der Waals surface area (Å²) in [6.45, 7) is 0. The van der Waals surface area contributed by atoms with E-state index in [4.69, 9.17) is 5.26 Å². The lowest BCUT2D eigenvalue weighted by Gasteiger charge is -1.85. The first-order valence-electron chi connectivity index (χ1n) is 2.47. The number of nitriles is 1. The number of hydrogen-bond acceptors (Lipinski definition) is 3. The molecule has 1 aliphatic rings. The predicted octanol–water partition coefficient (Wildman–Crippen LogP) is -0.827. The van der Waals surface area contributed by atoms with E-state index in [1.807, 2.05) is 5.32 Å². The van der Waals surface area contributed by atoms with Crippen LogP contribution < -0.4 is 5.32 Å². The zero-order valence-electron chi connectivity index (χ0n) is 4.55. The minimum absolute atomic E-state index is 0.0231. The average molecular weight is 124 g/mol. The van der Waals surface area contributed by atoms with Crippen molar-refractivity contribution in [1.29, 1.82) is 5.26 Å². The molecule has 4 heteroatoms. The Kier molecular flexibility index (Phi) is 1.19. The van der Waals surface area contributed by atoms with Crippen molar-refractivity contribution in [3.8, 4) is 6.07 Å². The van der Waals surface area contributed by atoms with Crippen molar-refractivity contribution in [2.24, 2.45) is 5.92 Å². The van der Waals surface area contributed by atoms with Crippen LogP contribution in [-0.2, 0) is 9.59 Å². The number of nitrogens with zero attached hydrogens (tertiary/aromatic N) is 1. The van der Waals surface area contributed by atoms with E-state index in [1.54, 1.807) is 6.07 Å². The zero-order chi connectivity index (χ0) is 6.85. The molecule has 1 heterocycles. The van der Waals surface area contributed by atoms with Crippen LogP contribution >= 0.6 is 0 Å². The van der Waals surface area contributed by atoms with Gasteiger partial charge in [0.05, 0.1) is 12.5 Å². The highest BCUT2D eigenvalue weighted by Gasteiger charge is 2.29. The second-order valence-electron chi connectivity index (χ2n) is 1.80. The summed E-state index contributed by atoms with van der Waals surface area (Å²) < 4.78 is 0. The van der Waals surface area contributed by atoms with Gasteiger partial charge in [0.1, 0.15) is 5.92 Å². The normalized spacial score (nSPS) is 25.4. The van der Waals surface area contributed by atoms with Crippen LogP contribution in [-0.4, -0.2) is 11.8 Å². The van der Waals surface area contributed by atoms with Crippen molar-refractivity contribution < 1.29 is 9.59 Å². The molecule has 0 saturated carbocycles. The van der Waals surface area contributed by atoms with Crippen molar-refractivity contribution in [3.63, 3.8) is 0 Å². The molecule has 1 rings (SSSR count). The fraction of sp³-hybridized carbons (Fsp3) is 0.400. The molecule has 4 nitrogen and oxygen atoms in total. The molecular weight excluding hydrogens is 120 g/mol. The second kappa shape index (κ2) is 1.86. The maximum absolute atomic E-state index is 10.5. The molecule has 2 amide bonds. The fourth-order valence-electron chi connectivity index (χ4n) is 0.658. The van der Waals surface area contributed by atoms with E-state index in [-0.39, 0.29) is 12.3 Å². The first-order chi connectivity index (χ1) is 4.24. The molecular formula is C5H4N2O2. The molecule has 0 aliphatic carbocycles. The lowest BCUT2D eigenvalue weighted by atomic mass is 10.1. The number of imide groups is 1. The summed E-state index contributed by atoms with van der Waals surface area (Å²) in [6.07, 6.45) is 0.0231. The topological polar surface area (TPSA) is 70.0 Å². The Morgan fingerprint density at radius 3 is 2.56 bits per heavy atom. The molecule has 0 aromatic rings. The Labute approximate surface area is 51.5 Å². The van der Waals surface area contributed by atoms with Gasteiger partial charge in [-0.15, -0.1) is 0 Å². The van der Waals surface area contributed by atoms with Gasteiger partial charge in [0.2, 0.25) is 11.8 Å². The predicted molar refractivity (Wildman–Crippen MR) is 26.9 cm³/mol. The Hall–Kier alpha value is -1.37. The van der Waals surface area contributed by atoms with Crippen LogP contribution in [0, 0.1) is 17.2 Å². The Balaban J connectivity index is 2.72. The summed E-state index contributed by atoms with van der Waals surface area (Å²) in [4.78, 5) is 20.8. The first kappa shape index (κ1) is 5.76. The monoisotopic (exact) mass is 124 g/mol. The maximum atomic E-state index is 10.5. The summed E-state index contributed by atoms with van der Waals surface area (Å²) >= 11 is 0. The molecule has 0 aromatic heterocycles. The third-order valence-electron chi connectivity index (χ3n) is 1.12. The van der Waals surface area contributed by atoms with E-state index in [0.29, 0.717) is 0 Å². The molecule has 1 aliphatic heterocycles. The van der Waals surface area contributed by atoms with Crippen LogP contribution in [0.4, 0.5) is 0 Å². The standard InChI is InChI=1S/C5H4N2O2/c6-2-3-1-4(8)7-5(3)9/h3H,1H2,(H,7,8,9). The minimum Gasteiger partial charge on any atom is -0.295 e. The number of nitrogens with one attached hydrogen (secondary N) is 1. The zero-order valence-corrected chi connectivity index (χ0v) is 4.55. The third kappa shape index (κ3) is 0.891. The Morgan fingerprint density at radius 1 is 1.67 bits per heavy atom. The highest BCUT2D eigenvalue weighted by Crippen LogP contribution is 2.07. The lowest BCUT2D eigenvalue weighted by Crippen LogP contribution is -2.21. The lowest BCUT2D eigenvalue weighted by molar-refractivity contribution is -0.125. The average Bonchev–Trinajstić information content (AvgIpc) is 2.10. The van der Waals surface area contributed by atoms with E-state index in [2.05, 4.69) is 0 Å². The van der Waals surface area contributed by atoms with Gasteiger partial charge in [-0.3, -0.25) is 14.9 Å². The van der Waals surface area contributed by atoms with Crippen molar-refractivity contribution >= 4 is 11.8 Å². The third-order valence-corrected chi connectivity index (χ3v) is 1.12. The van der Waals surface area contributed by atoms with Gasteiger partial charge < -0.3 is 0 Å². The molecule has 0 radical (unpaired) electrons. The second-order valence-corrected chi connectivity index (χ2v) is 1.80. The summed E-state index contributed by atoms with van der Waals surface area (Å²) in [5, 5.41) is 10.2. The summed E-state index contributed by atoms with van der Waals surface area (Å²) in [5.41, 5.74) is 0. The van der Waals surface area contributed by atoms with Crippen LogP contribution in [0.5, 0.6) is 0 Å². The van der Waals surface area contributed by atoms with Gasteiger partial charge in [-0.2, -0.15) is 5.26 Å². The van der Waals surface area contributed by atoms with Crippen molar-refractivity contribution in [2.45, 2.75) is 6.42 Å². The SMILES string of the molecule is N#CC1CC(=O)NC1=O. The van der Waals surface area contributed by atoms with Gasteiger partial charge >= 0.3 is 0 Å². The van der Waals surface area contributed by atoms with Gasteiger partial charge in [-0.05, 0) is 0 Å². The van der Waals surface area contributed by atoms with E-state index in [9.17, 15) is 9.59 Å². The van der Waals surface area contributed by atoms with Crippen LogP contribution in [0.1, 0.15) is 6.42 Å². The van der Waals surface area contributed by atoms with Gasteiger partial charge in [0, 0.05) is 0 Å². The van der Waals surface area contributed by atoms with Crippen LogP contribution in [0.3, 0.4) is 0 Å². The number of rotatable bonds is 0. The summed E-state index contributed by atoms with van der Waals surface area (Å²) in [5.74, 6) is -1.58. The fourth-order valence-corrected chi connectivity index (χ4v) is 0.658. The smallest absolute Gasteiger partial charge is 0.244 e. The van der Waals surface area contributed by atoms with Gasteiger partial charge in [0.25, 0.3) is 0 Å². The Morgan fingerprint density at radius 2 is 2.33 bits per heavy atom. The molecule has 1 fully saturated rings. The van der Waals surface area contributed by atoms with Gasteiger partial charge in [-0.25, -0.2) is 0 Å². The molecule has 0 spiro atoms. The van der Waals surface area contributed by atoms with Gasteiger partial charge in [-0.1, -0.05) is 0 Å². The molecule has 9 heavy (non-hydrogen) atoms. The summed E-state index contributed by atoms with van der Waals surface area (Å²) in [6, 6.07) is 1.71. The molecule has 1 atom stereocenters. The summed E-state index contributed by atoms with van der Waals surface area (Å²) in [7, 11) is 0. The molecule has 0 aromatic carbocycles. The van der Waals surface area contributed by atoms with E-state index < -0.39 is 11.8 Å². The highest BCUT2D eigenvalue weighted by molar-refractivity contribution is 6.04. The first-order valence-corrected chi connectivity index (χ1v) is 2.47. The van der Waals surface area contributed by atoms with E-state index in [1.165, 1.54) is 0 Å². The van der Waals surface area contributed by atoms with Crippen LogP contribution in [0.15, 0.2) is 0 Å².